The highest BCUT2D eigenvalue weighted by Gasteiger charge is 2.24. The number of hydrogen-bond donors (Lipinski definition) is 1. The van der Waals surface area contributed by atoms with Gasteiger partial charge in [0.25, 0.3) is 5.91 Å². The first-order valence-electron chi connectivity index (χ1n) is 7.77. The lowest BCUT2D eigenvalue weighted by atomic mass is 10.0. The normalized spacial score (nSPS) is 13.9. The van der Waals surface area contributed by atoms with E-state index in [9.17, 15) is 4.79 Å². The molecular weight excluding hydrogens is 274 g/mol. The predicted octanol–water partition coefficient (Wildman–Crippen LogP) is 3.49. The summed E-state index contributed by atoms with van der Waals surface area (Å²) in [5.41, 5.74) is 3.67. The molecule has 0 spiro atoms. The Kier molecular flexibility index (Phi) is 4.09. The van der Waals surface area contributed by atoms with E-state index in [0.29, 0.717) is 11.7 Å². The Morgan fingerprint density at radius 3 is 2.91 bits per heavy atom. The van der Waals surface area contributed by atoms with Crippen molar-refractivity contribution < 1.29 is 4.79 Å². The number of para-hydroxylation sites is 1. The van der Waals surface area contributed by atoms with Crippen LogP contribution in [0.1, 0.15) is 36.3 Å². The van der Waals surface area contributed by atoms with Crippen LogP contribution in [0.15, 0.2) is 42.6 Å². The highest BCUT2D eigenvalue weighted by molar-refractivity contribution is 6.05. The molecule has 0 unspecified atom stereocenters. The van der Waals surface area contributed by atoms with Crippen LogP contribution >= 0.6 is 0 Å². The van der Waals surface area contributed by atoms with Gasteiger partial charge in [-0.05, 0) is 50.5 Å². The van der Waals surface area contributed by atoms with Crippen LogP contribution in [0.4, 0.5) is 11.4 Å². The maximum Gasteiger partial charge on any atom is 0.276 e. The minimum atomic E-state index is -0.0282. The molecule has 0 saturated carbocycles. The Morgan fingerprint density at radius 2 is 2.09 bits per heavy atom. The van der Waals surface area contributed by atoms with Crippen LogP contribution in [0, 0.1) is 0 Å². The molecule has 0 bridgehead atoms. The molecule has 2 heterocycles. The Hall–Kier alpha value is -2.36. The van der Waals surface area contributed by atoms with E-state index in [1.807, 2.05) is 35.2 Å². The standard InChI is InChI=1S/C18H21N3O/c1-13(2)20-15-9-10-19-16(12-15)18(22)21-11-5-7-14-6-3-4-8-17(14)21/h3-4,6,8-10,12-13H,5,7,11H2,1-2H3,(H,19,20). The number of carbonyl (C=O) groups is 1. The predicted molar refractivity (Wildman–Crippen MR) is 89.4 cm³/mol. The van der Waals surface area contributed by atoms with Crippen molar-refractivity contribution in [1.82, 2.24) is 4.98 Å². The molecule has 0 radical (unpaired) electrons. The van der Waals surface area contributed by atoms with Gasteiger partial charge in [0.1, 0.15) is 5.69 Å². The average molecular weight is 295 g/mol. The number of aromatic nitrogens is 1. The zero-order valence-corrected chi connectivity index (χ0v) is 13.0. The number of benzene rings is 1. The highest BCUT2D eigenvalue weighted by Crippen LogP contribution is 2.28. The zero-order valence-electron chi connectivity index (χ0n) is 13.0. The Balaban J connectivity index is 1.89. The van der Waals surface area contributed by atoms with Crippen molar-refractivity contribution in [2.45, 2.75) is 32.7 Å². The lowest BCUT2D eigenvalue weighted by molar-refractivity contribution is 0.0980. The molecule has 1 aliphatic rings. The van der Waals surface area contributed by atoms with Gasteiger partial charge in [-0.15, -0.1) is 0 Å². The van der Waals surface area contributed by atoms with Crippen molar-refractivity contribution in [3.8, 4) is 0 Å². The van der Waals surface area contributed by atoms with E-state index >= 15 is 0 Å². The molecule has 4 heteroatoms. The van der Waals surface area contributed by atoms with Crippen molar-refractivity contribution in [3.63, 3.8) is 0 Å². The van der Waals surface area contributed by atoms with Gasteiger partial charge in [-0.25, -0.2) is 0 Å². The van der Waals surface area contributed by atoms with Gasteiger partial charge in [0.2, 0.25) is 0 Å². The van der Waals surface area contributed by atoms with E-state index in [4.69, 9.17) is 0 Å². The maximum absolute atomic E-state index is 12.8. The largest absolute Gasteiger partial charge is 0.383 e. The van der Waals surface area contributed by atoms with E-state index < -0.39 is 0 Å². The van der Waals surface area contributed by atoms with E-state index in [0.717, 1.165) is 30.8 Å². The van der Waals surface area contributed by atoms with E-state index in [2.05, 4.69) is 30.2 Å². The van der Waals surface area contributed by atoms with E-state index in [1.165, 1.54) is 5.56 Å². The number of pyridine rings is 1. The summed E-state index contributed by atoms with van der Waals surface area (Å²) in [6.45, 7) is 4.89. The molecule has 1 aliphatic heterocycles. The molecule has 0 saturated heterocycles. The van der Waals surface area contributed by atoms with Crippen LogP contribution in [0.3, 0.4) is 0 Å². The van der Waals surface area contributed by atoms with Crippen molar-refractivity contribution in [2.24, 2.45) is 0 Å². The number of amides is 1. The number of nitrogens with one attached hydrogen (secondary N) is 1. The van der Waals surface area contributed by atoms with E-state index in [1.54, 1.807) is 6.20 Å². The number of nitrogens with zero attached hydrogens (tertiary/aromatic N) is 2. The summed E-state index contributed by atoms with van der Waals surface area (Å²) in [4.78, 5) is 18.9. The SMILES string of the molecule is CC(C)Nc1ccnc(C(=O)N2CCCc3ccccc32)c1. The smallest absolute Gasteiger partial charge is 0.276 e. The molecule has 0 fully saturated rings. The first-order valence-corrected chi connectivity index (χ1v) is 7.77. The number of hydrogen-bond acceptors (Lipinski definition) is 3. The fourth-order valence-corrected chi connectivity index (χ4v) is 2.85. The third-order valence-corrected chi connectivity index (χ3v) is 3.79. The van der Waals surface area contributed by atoms with Gasteiger partial charge in [0.05, 0.1) is 0 Å². The minimum Gasteiger partial charge on any atom is -0.383 e. The second-order valence-electron chi connectivity index (χ2n) is 5.92. The molecule has 0 atom stereocenters. The number of aryl methyl sites for hydroxylation is 1. The van der Waals surface area contributed by atoms with Gasteiger partial charge < -0.3 is 10.2 Å². The second kappa shape index (κ2) is 6.18. The van der Waals surface area contributed by atoms with Gasteiger partial charge >= 0.3 is 0 Å². The van der Waals surface area contributed by atoms with Crippen LogP contribution in [0.25, 0.3) is 0 Å². The number of fused-ring (bicyclic) bond motifs is 1. The van der Waals surface area contributed by atoms with Crippen molar-refractivity contribution >= 4 is 17.3 Å². The van der Waals surface area contributed by atoms with Crippen LogP contribution in [0.2, 0.25) is 0 Å². The molecule has 0 aliphatic carbocycles. The maximum atomic E-state index is 12.8. The Morgan fingerprint density at radius 1 is 1.27 bits per heavy atom. The Labute approximate surface area is 131 Å². The molecule has 1 amide bonds. The lowest BCUT2D eigenvalue weighted by Gasteiger charge is -2.29. The highest BCUT2D eigenvalue weighted by atomic mass is 16.2. The molecule has 2 aromatic rings. The van der Waals surface area contributed by atoms with Gasteiger partial charge in [-0.3, -0.25) is 9.78 Å². The lowest BCUT2D eigenvalue weighted by Crippen LogP contribution is -2.36. The molecule has 1 N–H and O–H groups in total. The summed E-state index contributed by atoms with van der Waals surface area (Å²) >= 11 is 0. The van der Waals surface area contributed by atoms with Crippen molar-refractivity contribution in [1.29, 1.82) is 0 Å². The summed E-state index contributed by atoms with van der Waals surface area (Å²) in [5, 5.41) is 3.31. The van der Waals surface area contributed by atoms with Crippen LogP contribution < -0.4 is 10.2 Å². The fraction of sp³-hybridized carbons (Fsp3) is 0.333. The third kappa shape index (κ3) is 2.96. The molecule has 3 rings (SSSR count). The van der Waals surface area contributed by atoms with Crippen LogP contribution in [-0.4, -0.2) is 23.5 Å². The van der Waals surface area contributed by atoms with Gasteiger partial charge in [-0.2, -0.15) is 0 Å². The van der Waals surface area contributed by atoms with Crippen molar-refractivity contribution in [2.75, 3.05) is 16.8 Å². The second-order valence-corrected chi connectivity index (χ2v) is 5.92. The minimum absolute atomic E-state index is 0.0282. The summed E-state index contributed by atoms with van der Waals surface area (Å²) in [6.07, 6.45) is 3.71. The summed E-state index contributed by atoms with van der Waals surface area (Å²) in [6, 6.07) is 12.2. The monoisotopic (exact) mass is 295 g/mol. The topological polar surface area (TPSA) is 45.2 Å². The first kappa shape index (κ1) is 14.6. The van der Waals surface area contributed by atoms with Crippen molar-refractivity contribution in [3.05, 3.63) is 53.9 Å². The first-order chi connectivity index (χ1) is 10.6. The fourth-order valence-electron chi connectivity index (χ4n) is 2.85. The zero-order chi connectivity index (χ0) is 15.5. The number of anilines is 2. The average Bonchev–Trinajstić information content (AvgIpc) is 2.53. The molecule has 4 nitrogen and oxygen atoms in total. The molecule has 114 valence electrons. The molecular formula is C18H21N3O. The van der Waals surface area contributed by atoms with Gasteiger partial charge in [0.15, 0.2) is 0 Å². The van der Waals surface area contributed by atoms with Gasteiger partial charge in [-0.1, -0.05) is 18.2 Å². The Bertz CT molecular complexity index is 682. The molecule has 1 aromatic carbocycles. The number of rotatable bonds is 3. The summed E-state index contributed by atoms with van der Waals surface area (Å²) in [5.74, 6) is -0.0282. The van der Waals surface area contributed by atoms with Crippen LogP contribution in [-0.2, 0) is 6.42 Å². The summed E-state index contributed by atoms with van der Waals surface area (Å²) in [7, 11) is 0. The third-order valence-electron chi connectivity index (χ3n) is 3.79. The molecule has 22 heavy (non-hydrogen) atoms. The van der Waals surface area contributed by atoms with E-state index in [-0.39, 0.29) is 5.91 Å². The summed E-state index contributed by atoms with van der Waals surface area (Å²) < 4.78 is 0. The van der Waals surface area contributed by atoms with Gasteiger partial charge in [0, 0.05) is 30.2 Å². The number of carbonyl (C=O) groups excluding carboxylic acids is 1. The quantitative estimate of drug-likeness (QED) is 0.942. The molecule has 1 aromatic heterocycles. The van der Waals surface area contributed by atoms with Crippen LogP contribution in [0.5, 0.6) is 0 Å².